The molecule has 7 nitrogen and oxygen atoms in total. The molecule has 0 radical (unpaired) electrons. The van der Waals surface area contributed by atoms with E-state index in [4.69, 9.17) is 0 Å². The quantitative estimate of drug-likeness (QED) is 0.580. The number of rotatable bonds is 7. The summed E-state index contributed by atoms with van der Waals surface area (Å²) in [5, 5.41) is 3.54. The van der Waals surface area contributed by atoms with E-state index in [1.165, 1.54) is 17.8 Å². The molecule has 0 unspecified atom stereocenters. The fraction of sp³-hybridized carbons (Fsp3) is 0.200. The van der Waals surface area contributed by atoms with Gasteiger partial charge in [-0.3, -0.25) is 4.79 Å². The van der Waals surface area contributed by atoms with Gasteiger partial charge in [0, 0.05) is 41.6 Å². The molecule has 0 spiro atoms. The van der Waals surface area contributed by atoms with E-state index in [0.717, 1.165) is 35.0 Å². The minimum atomic E-state index is -4.01. The Kier molecular flexibility index (Phi) is 5.63. The summed E-state index contributed by atoms with van der Waals surface area (Å²) < 4.78 is 43.1. The molecule has 1 saturated carbocycles. The molecular weight excluding hydrogens is 427 g/mol. The molecule has 0 bridgehead atoms. The number of hydrogen-bond acceptors (Lipinski definition) is 5. The van der Waals surface area contributed by atoms with Gasteiger partial charge in [0.15, 0.2) is 5.16 Å². The first-order valence-electron chi connectivity index (χ1n) is 9.20. The first-order chi connectivity index (χ1) is 14.3. The van der Waals surface area contributed by atoms with Crippen LogP contribution in [0.4, 0.5) is 10.1 Å². The van der Waals surface area contributed by atoms with E-state index in [-0.39, 0.29) is 11.6 Å². The molecule has 1 amide bonds. The van der Waals surface area contributed by atoms with Gasteiger partial charge in [0.2, 0.25) is 10.0 Å². The van der Waals surface area contributed by atoms with Crippen molar-refractivity contribution in [2.24, 2.45) is 7.05 Å². The van der Waals surface area contributed by atoms with Crippen LogP contribution in [0.3, 0.4) is 0 Å². The van der Waals surface area contributed by atoms with Gasteiger partial charge in [0.25, 0.3) is 5.91 Å². The number of imidazole rings is 1. The topological polar surface area (TPSA) is 93.1 Å². The summed E-state index contributed by atoms with van der Waals surface area (Å²) in [7, 11) is -2.10. The van der Waals surface area contributed by atoms with Crippen molar-refractivity contribution in [2.75, 3.05) is 5.32 Å². The van der Waals surface area contributed by atoms with E-state index in [1.54, 1.807) is 18.3 Å². The van der Waals surface area contributed by atoms with Gasteiger partial charge in [0.1, 0.15) is 10.7 Å². The second-order valence-corrected chi connectivity index (χ2v) is 9.67. The average molecular weight is 447 g/mol. The van der Waals surface area contributed by atoms with Gasteiger partial charge in [-0.2, -0.15) is 0 Å². The van der Waals surface area contributed by atoms with Crippen LogP contribution in [0.15, 0.2) is 69.8 Å². The molecule has 2 aromatic carbocycles. The summed E-state index contributed by atoms with van der Waals surface area (Å²) in [6, 6.07) is 10.3. The number of aromatic nitrogens is 2. The number of halogens is 1. The Labute approximate surface area is 177 Å². The monoisotopic (exact) mass is 446 g/mol. The van der Waals surface area contributed by atoms with Gasteiger partial charge in [-0.05, 0) is 55.3 Å². The molecule has 3 aromatic rings. The van der Waals surface area contributed by atoms with Crippen molar-refractivity contribution in [3.63, 3.8) is 0 Å². The van der Waals surface area contributed by atoms with E-state index in [9.17, 15) is 17.6 Å². The molecule has 1 heterocycles. The van der Waals surface area contributed by atoms with Crippen molar-refractivity contribution < 1.29 is 17.6 Å². The number of carbonyl (C=O) groups excluding carboxylic acids is 1. The zero-order valence-electron chi connectivity index (χ0n) is 16.0. The molecule has 10 heteroatoms. The molecule has 4 rings (SSSR count). The smallest absolute Gasteiger partial charge is 0.255 e. The zero-order valence-corrected chi connectivity index (χ0v) is 17.6. The first-order valence-corrected chi connectivity index (χ1v) is 11.5. The third kappa shape index (κ3) is 4.72. The Morgan fingerprint density at radius 2 is 1.93 bits per heavy atom. The van der Waals surface area contributed by atoms with E-state index in [1.807, 2.05) is 29.9 Å². The van der Waals surface area contributed by atoms with E-state index in [2.05, 4.69) is 15.0 Å². The normalized spacial score (nSPS) is 13.9. The fourth-order valence-electron chi connectivity index (χ4n) is 2.70. The van der Waals surface area contributed by atoms with Crippen molar-refractivity contribution in [2.45, 2.75) is 33.8 Å². The Morgan fingerprint density at radius 3 is 2.57 bits per heavy atom. The average Bonchev–Trinajstić information content (AvgIpc) is 3.42. The number of amides is 1. The molecule has 1 aliphatic carbocycles. The van der Waals surface area contributed by atoms with Crippen molar-refractivity contribution in [3.8, 4) is 0 Å². The molecule has 2 N–H and O–H groups in total. The SMILES string of the molecule is Cn1ccnc1Sc1ccc(NC(=O)c2ccc(F)c(S(=O)(=O)NC3CC3)c2)cc1. The largest absolute Gasteiger partial charge is 0.329 e. The van der Waals surface area contributed by atoms with Crippen molar-refractivity contribution >= 4 is 33.4 Å². The van der Waals surface area contributed by atoms with Crippen molar-refractivity contribution in [1.82, 2.24) is 14.3 Å². The number of nitrogens with zero attached hydrogens (tertiary/aromatic N) is 2. The first kappa shape index (κ1) is 20.6. The molecular formula is C20H19FN4O3S2. The van der Waals surface area contributed by atoms with Crippen LogP contribution in [-0.2, 0) is 17.1 Å². The number of aryl methyl sites for hydroxylation is 1. The molecule has 0 aliphatic heterocycles. The lowest BCUT2D eigenvalue weighted by Crippen LogP contribution is -2.27. The van der Waals surface area contributed by atoms with Crippen LogP contribution < -0.4 is 10.0 Å². The Bertz CT molecular complexity index is 1190. The van der Waals surface area contributed by atoms with E-state index in [0.29, 0.717) is 5.69 Å². The van der Waals surface area contributed by atoms with Crippen molar-refractivity contribution in [3.05, 3.63) is 66.2 Å². The summed E-state index contributed by atoms with van der Waals surface area (Å²) in [5.74, 6) is -1.42. The van der Waals surface area contributed by atoms with Crippen LogP contribution >= 0.6 is 11.8 Å². The minimum absolute atomic E-state index is 0.0547. The molecule has 1 aromatic heterocycles. The Hall–Kier alpha value is -2.69. The lowest BCUT2D eigenvalue weighted by molar-refractivity contribution is 0.102. The van der Waals surface area contributed by atoms with E-state index < -0.39 is 26.6 Å². The standard InChI is InChI=1S/C20H19FN4O3S2/c1-25-11-10-22-20(25)29-16-7-5-14(6-8-16)23-19(26)13-2-9-17(21)18(12-13)30(27,28)24-15-3-4-15/h2,5-12,15,24H,3-4H2,1H3,(H,23,26). The maximum atomic E-state index is 14.1. The third-order valence-corrected chi connectivity index (χ3v) is 7.10. The van der Waals surface area contributed by atoms with Crippen LogP contribution in [-0.4, -0.2) is 29.9 Å². The predicted molar refractivity (Wildman–Crippen MR) is 111 cm³/mol. The predicted octanol–water partition coefficient (Wildman–Crippen LogP) is 3.40. The minimum Gasteiger partial charge on any atom is -0.329 e. The van der Waals surface area contributed by atoms with Gasteiger partial charge < -0.3 is 9.88 Å². The summed E-state index contributed by atoms with van der Waals surface area (Å²) in [5.41, 5.74) is 0.591. The highest BCUT2D eigenvalue weighted by molar-refractivity contribution is 7.99. The zero-order chi connectivity index (χ0) is 21.3. The number of carbonyl (C=O) groups is 1. The van der Waals surface area contributed by atoms with Crippen LogP contribution in [0.1, 0.15) is 23.2 Å². The third-order valence-electron chi connectivity index (χ3n) is 4.48. The lowest BCUT2D eigenvalue weighted by Gasteiger charge is -2.10. The Morgan fingerprint density at radius 1 is 1.20 bits per heavy atom. The summed E-state index contributed by atoms with van der Waals surface area (Å²) in [6.07, 6.45) is 5.04. The second kappa shape index (κ2) is 8.21. The van der Waals surface area contributed by atoms with Gasteiger partial charge in [0.05, 0.1) is 0 Å². The molecule has 1 fully saturated rings. The molecule has 0 atom stereocenters. The van der Waals surface area contributed by atoms with Crippen LogP contribution in [0.2, 0.25) is 0 Å². The number of benzene rings is 2. The van der Waals surface area contributed by atoms with Gasteiger partial charge in [-0.25, -0.2) is 22.5 Å². The molecule has 1 aliphatic rings. The highest BCUT2D eigenvalue weighted by atomic mass is 32.2. The summed E-state index contributed by atoms with van der Waals surface area (Å²) in [6.45, 7) is 0. The summed E-state index contributed by atoms with van der Waals surface area (Å²) in [4.78, 5) is 17.2. The maximum Gasteiger partial charge on any atom is 0.255 e. The molecule has 30 heavy (non-hydrogen) atoms. The second-order valence-electron chi connectivity index (χ2n) is 6.94. The van der Waals surface area contributed by atoms with Crippen molar-refractivity contribution in [1.29, 1.82) is 0 Å². The van der Waals surface area contributed by atoms with Crippen LogP contribution in [0.5, 0.6) is 0 Å². The number of sulfonamides is 1. The van der Waals surface area contributed by atoms with Gasteiger partial charge >= 0.3 is 0 Å². The molecule has 156 valence electrons. The van der Waals surface area contributed by atoms with Gasteiger partial charge in [-0.15, -0.1) is 0 Å². The number of anilines is 1. The van der Waals surface area contributed by atoms with Crippen LogP contribution in [0, 0.1) is 5.82 Å². The highest BCUT2D eigenvalue weighted by Gasteiger charge is 2.30. The summed E-state index contributed by atoms with van der Waals surface area (Å²) >= 11 is 1.48. The number of hydrogen-bond donors (Lipinski definition) is 2. The Balaban J connectivity index is 1.47. The number of nitrogens with one attached hydrogen (secondary N) is 2. The van der Waals surface area contributed by atoms with Crippen LogP contribution in [0.25, 0.3) is 0 Å². The highest BCUT2D eigenvalue weighted by Crippen LogP contribution is 2.27. The molecule has 0 saturated heterocycles. The van der Waals surface area contributed by atoms with E-state index >= 15 is 0 Å². The lowest BCUT2D eigenvalue weighted by atomic mass is 10.2. The maximum absolute atomic E-state index is 14.1. The fourth-order valence-corrected chi connectivity index (χ4v) is 4.91. The van der Waals surface area contributed by atoms with Gasteiger partial charge in [-0.1, -0.05) is 11.8 Å².